The molecule has 5 heteroatoms. The van der Waals surface area contributed by atoms with Crippen molar-refractivity contribution in [3.05, 3.63) is 23.0 Å². The summed E-state index contributed by atoms with van der Waals surface area (Å²) in [5, 5.41) is 9.65. The van der Waals surface area contributed by atoms with Crippen LogP contribution in [-0.4, -0.2) is 24.3 Å². The van der Waals surface area contributed by atoms with E-state index >= 15 is 0 Å². The molecule has 0 aromatic heterocycles. The van der Waals surface area contributed by atoms with Crippen LogP contribution < -0.4 is 10.6 Å². The number of aliphatic hydroxyl groups excluding tert-OH is 1. The summed E-state index contributed by atoms with van der Waals surface area (Å²) in [6.45, 7) is 3.44. The van der Waals surface area contributed by atoms with Gasteiger partial charge in [0, 0.05) is 19.2 Å². The molecule has 18 heavy (non-hydrogen) atoms. The van der Waals surface area contributed by atoms with Crippen molar-refractivity contribution in [3.63, 3.8) is 0 Å². The second kappa shape index (κ2) is 5.33. The van der Waals surface area contributed by atoms with Crippen molar-refractivity contribution in [1.82, 2.24) is 0 Å². The van der Waals surface area contributed by atoms with Crippen LogP contribution in [0.5, 0.6) is 0 Å². The van der Waals surface area contributed by atoms with Gasteiger partial charge in [-0.3, -0.25) is 0 Å². The lowest BCUT2D eigenvalue weighted by molar-refractivity contribution is 0.110. The summed E-state index contributed by atoms with van der Waals surface area (Å²) in [6, 6.07) is 2.84. The number of hydrogen-bond acceptors (Lipinski definition) is 3. The van der Waals surface area contributed by atoms with Gasteiger partial charge in [0.25, 0.3) is 0 Å². The van der Waals surface area contributed by atoms with Crippen molar-refractivity contribution in [2.24, 2.45) is 5.92 Å². The van der Waals surface area contributed by atoms with Crippen LogP contribution in [0.4, 0.5) is 15.8 Å². The molecule has 1 aromatic carbocycles. The first-order valence-corrected chi connectivity index (χ1v) is 6.54. The SMILES string of the molecule is CC(O)C1CCN(c2cc(Cl)c(F)cc2N)CC1. The number of benzene rings is 1. The Morgan fingerprint density at radius 2 is 2.06 bits per heavy atom. The van der Waals surface area contributed by atoms with Crippen molar-refractivity contribution >= 4 is 23.0 Å². The first-order chi connectivity index (χ1) is 8.49. The predicted molar refractivity (Wildman–Crippen MR) is 72.4 cm³/mol. The fraction of sp³-hybridized carbons (Fsp3) is 0.538. The second-order valence-electron chi connectivity index (χ2n) is 4.89. The number of nitrogen functional groups attached to an aromatic ring is 1. The highest BCUT2D eigenvalue weighted by Crippen LogP contribution is 2.32. The molecular formula is C13H18ClFN2O. The van der Waals surface area contributed by atoms with Crippen LogP contribution in [0, 0.1) is 11.7 Å². The molecule has 2 rings (SSSR count). The zero-order valence-corrected chi connectivity index (χ0v) is 11.1. The molecule has 3 N–H and O–H groups in total. The highest BCUT2D eigenvalue weighted by Gasteiger charge is 2.24. The Bertz CT molecular complexity index is 431. The molecule has 3 nitrogen and oxygen atoms in total. The van der Waals surface area contributed by atoms with Gasteiger partial charge in [0.15, 0.2) is 0 Å². The molecule has 1 aromatic rings. The van der Waals surface area contributed by atoms with Gasteiger partial charge in [-0.25, -0.2) is 4.39 Å². The molecule has 1 fully saturated rings. The quantitative estimate of drug-likeness (QED) is 0.814. The molecule has 1 unspecified atom stereocenters. The summed E-state index contributed by atoms with van der Waals surface area (Å²) >= 11 is 5.79. The smallest absolute Gasteiger partial charge is 0.143 e. The van der Waals surface area contributed by atoms with Gasteiger partial charge in [-0.15, -0.1) is 0 Å². The highest BCUT2D eigenvalue weighted by atomic mass is 35.5. The Balaban J connectivity index is 2.12. The molecule has 1 aliphatic rings. The summed E-state index contributed by atoms with van der Waals surface area (Å²) in [7, 11) is 0. The van der Waals surface area contributed by atoms with Crippen LogP contribution in [0.15, 0.2) is 12.1 Å². The monoisotopic (exact) mass is 272 g/mol. The van der Waals surface area contributed by atoms with E-state index in [-0.39, 0.29) is 11.1 Å². The third-order valence-electron chi connectivity index (χ3n) is 3.63. The molecule has 1 saturated heterocycles. The molecule has 1 atom stereocenters. The number of aliphatic hydroxyl groups is 1. The minimum absolute atomic E-state index is 0.0943. The molecule has 0 saturated carbocycles. The summed E-state index contributed by atoms with van der Waals surface area (Å²) in [5.41, 5.74) is 7.02. The molecule has 1 aliphatic heterocycles. The first-order valence-electron chi connectivity index (χ1n) is 6.16. The lowest BCUT2D eigenvalue weighted by atomic mass is 9.92. The lowest BCUT2D eigenvalue weighted by Crippen LogP contribution is -2.37. The van der Waals surface area contributed by atoms with Gasteiger partial charge < -0.3 is 15.7 Å². The zero-order valence-electron chi connectivity index (χ0n) is 10.4. The maximum Gasteiger partial charge on any atom is 0.143 e. The lowest BCUT2D eigenvalue weighted by Gasteiger charge is -2.35. The fourth-order valence-electron chi connectivity index (χ4n) is 2.45. The number of piperidine rings is 1. The molecule has 0 aliphatic carbocycles. The summed E-state index contributed by atoms with van der Waals surface area (Å²) < 4.78 is 13.2. The van der Waals surface area contributed by atoms with Crippen LogP contribution in [0.25, 0.3) is 0 Å². The number of rotatable bonds is 2. The molecule has 0 spiro atoms. The van der Waals surface area contributed by atoms with E-state index in [1.54, 1.807) is 6.07 Å². The van der Waals surface area contributed by atoms with Crippen LogP contribution in [0.3, 0.4) is 0 Å². The van der Waals surface area contributed by atoms with E-state index in [2.05, 4.69) is 4.90 Å². The fourth-order valence-corrected chi connectivity index (χ4v) is 2.61. The van der Waals surface area contributed by atoms with Gasteiger partial charge in [0.1, 0.15) is 5.82 Å². The molecular weight excluding hydrogens is 255 g/mol. The molecule has 0 radical (unpaired) electrons. The van der Waals surface area contributed by atoms with Gasteiger partial charge in [0.05, 0.1) is 22.5 Å². The number of halogens is 2. The van der Waals surface area contributed by atoms with E-state index in [4.69, 9.17) is 17.3 Å². The first kappa shape index (κ1) is 13.4. The molecule has 0 bridgehead atoms. The number of nitrogens with two attached hydrogens (primary N) is 1. The Hall–Kier alpha value is -1.00. The van der Waals surface area contributed by atoms with Gasteiger partial charge in [-0.2, -0.15) is 0 Å². The number of hydrogen-bond donors (Lipinski definition) is 2. The maximum atomic E-state index is 13.2. The van der Waals surface area contributed by atoms with Crippen molar-refractivity contribution in [2.45, 2.75) is 25.9 Å². The van der Waals surface area contributed by atoms with E-state index in [9.17, 15) is 9.50 Å². The topological polar surface area (TPSA) is 49.5 Å². The van der Waals surface area contributed by atoms with Crippen molar-refractivity contribution in [1.29, 1.82) is 0 Å². The number of nitrogens with zero attached hydrogens (tertiary/aromatic N) is 1. The maximum absolute atomic E-state index is 13.2. The molecule has 100 valence electrons. The third-order valence-corrected chi connectivity index (χ3v) is 3.92. The highest BCUT2D eigenvalue weighted by molar-refractivity contribution is 6.31. The summed E-state index contributed by atoms with van der Waals surface area (Å²) in [4.78, 5) is 2.10. The predicted octanol–water partition coefficient (Wildman–Crippen LogP) is 2.66. The van der Waals surface area contributed by atoms with Crippen LogP contribution >= 0.6 is 11.6 Å². The molecule has 0 amide bonds. The Morgan fingerprint density at radius 1 is 1.44 bits per heavy atom. The second-order valence-corrected chi connectivity index (χ2v) is 5.30. The third kappa shape index (κ3) is 2.70. The largest absolute Gasteiger partial charge is 0.397 e. The van der Waals surface area contributed by atoms with Crippen LogP contribution in [-0.2, 0) is 0 Å². The van der Waals surface area contributed by atoms with Crippen LogP contribution in [0.2, 0.25) is 5.02 Å². The average Bonchev–Trinajstić information content (AvgIpc) is 2.34. The van der Waals surface area contributed by atoms with Gasteiger partial charge in [0.2, 0.25) is 0 Å². The van der Waals surface area contributed by atoms with E-state index in [1.807, 2.05) is 6.92 Å². The Morgan fingerprint density at radius 3 is 2.61 bits per heavy atom. The Kier molecular flexibility index (Phi) is 3.97. The average molecular weight is 273 g/mol. The van der Waals surface area contributed by atoms with Gasteiger partial charge >= 0.3 is 0 Å². The normalized spacial score (nSPS) is 19.0. The zero-order chi connectivity index (χ0) is 13.3. The van der Waals surface area contributed by atoms with Crippen molar-refractivity contribution in [2.75, 3.05) is 23.7 Å². The van der Waals surface area contributed by atoms with E-state index < -0.39 is 5.82 Å². The van der Waals surface area contributed by atoms with E-state index in [0.29, 0.717) is 11.6 Å². The van der Waals surface area contributed by atoms with Gasteiger partial charge in [-0.1, -0.05) is 11.6 Å². The standard InChI is InChI=1S/C13H18ClFN2O/c1-8(18)9-2-4-17(5-3-9)13-6-10(14)11(15)7-12(13)16/h6-9,18H,2-5,16H2,1H3. The van der Waals surface area contributed by atoms with Crippen molar-refractivity contribution in [3.8, 4) is 0 Å². The minimum atomic E-state index is -0.489. The summed E-state index contributed by atoms with van der Waals surface area (Å²) in [6.07, 6.45) is 1.54. The number of anilines is 2. The van der Waals surface area contributed by atoms with E-state index in [1.165, 1.54) is 6.07 Å². The van der Waals surface area contributed by atoms with Crippen molar-refractivity contribution < 1.29 is 9.50 Å². The van der Waals surface area contributed by atoms with Crippen LogP contribution in [0.1, 0.15) is 19.8 Å². The summed E-state index contributed by atoms with van der Waals surface area (Å²) in [5.74, 6) is -0.157. The molecule has 1 heterocycles. The Labute approximate surface area is 111 Å². The minimum Gasteiger partial charge on any atom is -0.397 e. The van der Waals surface area contributed by atoms with E-state index in [0.717, 1.165) is 31.6 Å². The van der Waals surface area contributed by atoms with Gasteiger partial charge in [-0.05, 0) is 31.7 Å².